The van der Waals surface area contributed by atoms with E-state index in [4.69, 9.17) is 9.47 Å². The van der Waals surface area contributed by atoms with E-state index in [1.54, 1.807) is 26.0 Å². The van der Waals surface area contributed by atoms with Gasteiger partial charge in [-0.25, -0.2) is 4.79 Å². The number of rotatable bonds is 5. The third-order valence-electron chi connectivity index (χ3n) is 4.40. The van der Waals surface area contributed by atoms with Crippen molar-refractivity contribution in [2.45, 2.75) is 18.7 Å². The maximum Gasteiger partial charge on any atom is 0.323 e. The zero-order valence-corrected chi connectivity index (χ0v) is 16.1. The van der Waals surface area contributed by atoms with Gasteiger partial charge in [0.15, 0.2) is 0 Å². The molecule has 0 aromatic heterocycles. The first-order valence-electron chi connectivity index (χ1n) is 8.65. The summed E-state index contributed by atoms with van der Waals surface area (Å²) in [5.74, 6) is 2.35. The first kappa shape index (κ1) is 18.5. The van der Waals surface area contributed by atoms with Gasteiger partial charge in [0.05, 0.1) is 14.2 Å². The van der Waals surface area contributed by atoms with E-state index in [2.05, 4.69) is 18.3 Å². The van der Waals surface area contributed by atoms with Crippen LogP contribution in [0.4, 0.5) is 10.5 Å². The summed E-state index contributed by atoms with van der Waals surface area (Å²) in [7, 11) is 3.26. The Kier molecular flexibility index (Phi) is 5.93. The molecule has 2 aromatic rings. The third-order valence-corrected chi connectivity index (χ3v) is 5.66. The van der Waals surface area contributed by atoms with Crippen LogP contribution in [-0.2, 0) is 6.42 Å². The van der Waals surface area contributed by atoms with E-state index < -0.39 is 0 Å². The van der Waals surface area contributed by atoms with Gasteiger partial charge in [0, 0.05) is 24.1 Å². The minimum absolute atomic E-state index is 0.0617. The molecule has 1 atom stereocenters. The molecule has 6 heteroatoms. The smallest absolute Gasteiger partial charge is 0.323 e. The van der Waals surface area contributed by atoms with Gasteiger partial charge in [-0.1, -0.05) is 19.1 Å². The number of ether oxygens (including phenoxy) is 2. The van der Waals surface area contributed by atoms with Gasteiger partial charge < -0.3 is 19.7 Å². The Bertz CT molecular complexity index is 759. The molecule has 2 amide bonds. The number of carbonyl (C=O) groups excluding carboxylic acids is 1. The van der Waals surface area contributed by atoms with Crippen LogP contribution in [0.3, 0.4) is 0 Å². The van der Waals surface area contributed by atoms with Crippen molar-refractivity contribution in [3.63, 3.8) is 0 Å². The molecule has 138 valence electrons. The summed E-state index contributed by atoms with van der Waals surface area (Å²) in [5, 5.41) is 2.96. The normalized spacial score (nSPS) is 16.4. The maximum atomic E-state index is 12.8. The number of nitrogens with zero attached hydrogens (tertiary/aromatic N) is 1. The lowest BCUT2D eigenvalue weighted by molar-refractivity contribution is 0.214. The van der Waals surface area contributed by atoms with Gasteiger partial charge in [0.25, 0.3) is 0 Å². The van der Waals surface area contributed by atoms with Crippen molar-refractivity contribution in [2.24, 2.45) is 0 Å². The average molecular weight is 372 g/mol. The van der Waals surface area contributed by atoms with Crippen LogP contribution < -0.4 is 14.8 Å². The van der Waals surface area contributed by atoms with Crippen molar-refractivity contribution in [1.29, 1.82) is 0 Å². The van der Waals surface area contributed by atoms with Crippen molar-refractivity contribution in [2.75, 3.05) is 31.8 Å². The lowest BCUT2D eigenvalue weighted by Crippen LogP contribution is -2.34. The summed E-state index contributed by atoms with van der Waals surface area (Å²) in [6.07, 6.45) is 0.940. The fourth-order valence-electron chi connectivity index (χ4n) is 2.99. The number of carbonyl (C=O) groups is 1. The summed E-state index contributed by atoms with van der Waals surface area (Å²) >= 11 is 1.74. The van der Waals surface area contributed by atoms with Crippen molar-refractivity contribution >= 4 is 23.5 Å². The third kappa shape index (κ3) is 4.07. The summed E-state index contributed by atoms with van der Waals surface area (Å²) in [4.78, 5) is 14.7. The van der Waals surface area contributed by atoms with Gasteiger partial charge in [-0.05, 0) is 41.8 Å². The van der Waals surface area contributed by atoms with Gasteiger partial charge in [-0.15, -0.1) is 11.8 Å². The largest absolute Gasteiger partial charge is 0.497 e. The van der Waals surface area contributed by atoms with Gasteiger partial charge in [0.1, 0.15) is 16.9 Å². The average Bonchev–Trinajstić information content (AvgIpc) is 3.17. The van der Waals surface area contributed by atoms with Crippen LogP contribution in [0.25, 0.3) is 0 Å². The van der Waals surface area contributed by atoms with E-state index in [1.165, 1.54) is 5.56 Å². The predicted molar refractivity (Wildman–Crippen MR) is 106 cm³/mol. The number of anilines is 1. The number of hydrogen-bond donors (Lipinski definition) is 1. The zero-order valence-electron chi connectivity index (χ0n) is 15.3. The second kappa shape index (κ2) is 8.36. The Balaban J connectivity index is 1.80. The van der Waals surface area contributed by atoms with Gasteiger partial charge in [-0.3, -0.25) is 0 Å². The molecule has 0 bridgehead atoms. The molecule has 1 aliphatic heterocycles. The summed E-state index contributed by atoms with van der Waals surface area (Å²) in [6, 6.07) is 13.6. The molecule has 1 aliphatic rings. The van der Waals surface area contributed by atoms with Crippen LogP contribution in [0.15, 0.2) is 42.5 Å². The number of nitrogens with one attached hydrogen (secondary N) is 1. The molecule has 5 nitrogen and oxygen atoms in total. The first-order chi connectivity index (χ1) is 12.6. The van der Waals surface area contributed by atoms with Crippen LogP contribution in [0.2, 0.25) is 0 Å². The van der Waals surface area contributed by atoms with E-state index in [0.717, 1.165) is 34.9 Å². The highest BCUT2D eigenvalue weighted by Crippen LogP contribution is 2.40. The van der Waals surface area contributed by atoms with Crippen LogP contribution in [0, 0.1) is 0 Å². The highest BCUT2D eigenvalue weighted by atomic mass is 32.2. The van der Waals surface area contributed by atoms with E-state index >= 15 is 0 Å². The lowest BCUT2D eigenvalue weighted by atomic mass is 10.1. The highest BCUT2D eigenvalue weighted by Gasteiger charge is 2.31. The van der Waals surface area contributed by atoms with Crippen LogP contribution >= 0.6 is 11.8 Å². The Hall–Kier alpha value is -2.34. The number of hydrogen-bond acceptors (Lipinski definition) is 4. The SMILES string of the molecule is CCc1cccc(NC(=O)N2CCS[C@@H]2c2cc(OC)cc(OC)c2)c1. The van der Waals surface area contributed by atoms with Crippen molar-refractivity contribution in [3.05, 3.63) is 53.6 Å². The number of methoxy groups -OCH3 is 2. The minimum Gasteiger partial charge on any atom is -0.497 e. The summed E-state index contributed by atoms with van der Waals surface area (Å²) in [5.41, 5.74) is 3.03. The van der Waals surface area contributed by atoms with E-state index in [9.17, 15) is 4.79 Å². The Morgan fingerprint density at radius 1 is 1.19 bits per heavy atom. The topological polar surface area (TPSA) is 50.8 Å². The number of amides is 2. The van der Waals surface area contributed by atoms with Crippen molar-refractivity contribution in [3.8, 4) is 11.5 Å². The molecule has 1 fully saturated rings. The minimum atomic E-state index is -0.0879. The molecule has 26 heavy (non-hydrogen) atoms. The van der Waals surface area contributed by atoms with Gasteiger partial charge in [-0.2, -0.15) is 0 Å². The predicted octanol–water partition coefficient (Wildman–Crippen LogP) is 4.55. The Morgan fingerprint density at radius 2 is 1.92 bits per heavy atom. The highest BCUT2D eigenvalue weighted by molar-refractivity contribution is 7.99. The summed E-state index contributed by atoms with van der Waals surface area (Å²) < 4.78 is 10.7. The standard InChI is InChI=1S/C20H24N2O3S/c1-4-14-6-5-7-16(10-14)21-20(23)22-8-9-26-19(22)15-11-17(24-2)13-18(12-15)25-3/h5-7,10-13,19H,4,8-9H2,1-3H3,(H,21,23)/t19-/m1/s1. The molecule has 0 aliphatic carbocycles. The molecule has 3 rings (SSSR count). The Labute approximate surface area is 158 Å². The van der Waals surface area contributed by atoms with Gasteiger partial charge >= 0.3 is 6.03 Å². The van der Waals surface area contributed by atoms with Crippen molar-refractivity contribution < 1.29 is 14.3 Å². The van der Waals surface area contributed by atoms with Crippen LogP contribution in [-0.4, -0.2) is 37.4 Å². The quantitative estimate of drug-likeness (QED) is 0.837. The van der Waals surface area contributed by atoms with E-state index in [-0.39, 0.29) is 11.4 Å². The van der Waals surface area contributed by atoms with Crippen molar-refractivity contribution in [1.82, 2.24) is 4.90 Å². The molecule has 1 saturated heterocycles. The first-order valence-corrected chi connectivity index (χ1v) is 9.70. The molecule has 0 unspecified atom stereocenters. The maximum absolute atomic E-state index is 12.8. The second-order valence-electron chi connectivity index (χ2n) is 6.05. The zero-order chi connectivity index (χ0) is 18.5. The van der Waals surface area contributed by atoms with E-state index in [0.29, 0.717) is 6.54 Å². The molecule has 0 radical (unpaired) electrons. The summed E-state index contributed by atoms with van der Waals surface area (Å²) in [6.45, 7) is 2.80. The molecular weight excluding hydrogens is 348 g/mol. The number of aryl methyl sites for hydroxylation is 1. The van der Waals surface area contributed by atoms with Crippen LogP contribution in [0.5, 0.6) is 11.5 Å². The number of benzene rings is 2. The Morgan fingerprint density at radius 3 is 2.58 bits per heavy atom. The number of thioether (sulfide) groups is 1. The van der Waals surface area contributed by atoms with Crippen LogP contribution in [0.1, 0.15) is 23.4 Å². The number of urea groups is 1. The molecule has 0 saturated carbocycles. The second-order valence-corrected chi connectivity index (χ2v) is 7.23. The van der Waals surface area contributed by atoms with Gasteiger partial charge in [0.2, 0.25) is 0 Å². The molecule has 2 aromatic carbocycles. The fourth-order valence-corrected chi connectivity index (χ4v) is 4.23. The monoisotopic (exact) mass is 372 g/mol. The molecule has 1 N–H and O–H groups in total. The fraction of sp³-hybridized carbons (Fsp3) is 0.350. The molecule has 1 heterocycles. The molecular formula is C20H24N2O3S. The molecule has 0 spiro atoms. The van der Waals surface area contributed by atoms with E-state index in [1.807, 2.05) is 41.3 Å². The lowest BCUT2D eigenvalue weighted by Gasteiger charge is -2.25.